The predicted molar refractivity (Wildman–Crippen MR) is 63.3 cm³/mol. The van der Waals surface area contributed by atoms with Gasteiger partial charge in [0, 0.05) is 0 Å². The molecule has 2 aliphatic rings. The Hall–Kier alpha value is -0.0800. The fourth-order valence-electron chi connectivity index (χ4n) is 3.49. The van der Waals surface area contributed by atoms with Gasteiger partial charge in [0.25, 0.3) is 0 Å². The second-order valence-electron chi connectivity index (χ2n) is 5.64. The molecule has 0 aromatic heterocycles. The van der Waals surface area contributed by atoms with Crippen LogP contribution in [0.4, 0.5) is 0 Å². The summed E-state index contributed by atoms with van der Waals surface area (Å²) >= 11 is 0. The quantitative estimate of drug-likeness (QED) is 0.505. The Bertz CT molecular complexity index is 171. The highest BCUT2D eigenvalue weighted by Crippen LogP contribution is 2.34. The van der Waals surface area contributed by atoms with E-state index in [1.807, 2.05) is 7.05 Å². The zero-order chi connectivity index (χ0) is 10.7. The molecule has 0 atom stereocenters. The third-order valence-electron chi connectivity index (χ3n) is 4.60. The molecule has 0 bridgehead atoms. The molecule has 2 nitrogen and oxygen atoms in total. The van der Waals surface area contributed by atoms with Gasteiger partial charge in [-0.2, -0.15) is 0 Å². The standard InChI is InChI=1S/C13H25NO/c1-14(15,12-8-4-2-5-9-12)13-10-6-3-7-11-13/h12-13H,2-11H2,1H3. The molecule has 0 unspecified atom stereocenters. The van der Waals surface area contributed by atoms with Crippen LogP contribution in [-0.4, -0.2) is 23.8 Å². The van der Waals surface area contributed by atoms with Crippen molar-refractivity contribution in [2.24, 2.45) is 0 Å². The molecule has 0 aromatic carbocycles. The lowest BCUT2D eigenvalue weighted by Gasteiger charge is -2.53. The molecular formula is C13H25NO. The molecule has 2 aliphatic carbocycles. The Balaban J connectivity index is 1.96. The van der Waals surface area contributed by atoms with Crippen LogP contribution in [0.1, 0.15) is 64.2 Å². The van der Waals surface area contributed by atoms with Gasteiger partial charge in [0.1, 0.15) is 0 Å². The summed E-state index contributed by atoms with van der Waals surface area (Å²) in [4.78, 5) is 0. The van der Waals surface area contributed by atoms with E-state index in [1.54, 1.807) is 0 Å². The van der Waals surface area contributed by atoms with E-state index < -0.39 is 0 Å². The van der Waals surface area contributed by atoms with Gasteiger partial charge in [-0.3, -0.25) is 0 Å². The fourth-order valence-corrected chi connectivity index (χ4v) is 3.49. The molecule has 88 valence electrons. The van der Waals surface area contributed by atoms with Gasteiger partial charge in [-0.15, -0.1) is 0 Å². The maximum atomic E-state index is 12.8. The first-order chi connectivity index (χ1) is 7.21. The largest absolute Gasteiger partial charge is 0.633 e. The van der Waals surface area contributed by atoms with E-state index in [-0.39, 0.29) is 4.65 Å². The lowest BCUT2D eigenvalue weighted by molar-refractivity contribution is -0.913. The first-order valence-corrected chi connectivity index (χ1v) is 6.78. The minimum atomic E-state index is 0.0833. The summed E-state index contributed by atoms with van der Waals surface area (Å²) in [5.41, 5.74) is 0. The van der Waals surface area contributed by atoms with Crippen LogP contribution in [0.5, 0.6) is 0 Å². The molecule has 0 aromatic rings. The van der Waals surface area contributed by atoms with Gasteiger partial charge in [0.05, 0.1) is 19.1 Å². The second-order valence-corrected chi connectivity index (χ2v) is 5.64. The molecule has 0 N–H and O–H groups in total. The van der Waals surface area contributed by atoms with Crippen LogP contribution >= 0.6 is 0 Å². The van der Waals surface area contributed by atoms with Gasteiger partial charge in [0.2, 0.25) is 0 Å². The van der Waals surface area contributed by atoms with Crippen LogP contribution in [0.3, 0.4) is 0 Å². The summed E-state index contributed by atoms with van der Waals surface area (Å²) in [6, 6.07) is 0.837. The van der Waals surface area contributed by atoms with E-state index in [1.165, 1.54) is 64.2 Å². The number of rotatable bonds is 2. The summed E-state index contributed by atoms with van der Waals surface area (Å²) in [6.07, 6.45) is 12.5. The van der Waals surface area contributed by atoms with Crippen molar-refractivity contribution in [1.29, 1.82) is 0 Å². The van der Waals surface area contributed by atoms with Crippen LogP contribution < -0.4 is 0 Å². The van der Waals surface area contributed by atoms with Crippen molar-refractivity contribution in [3.8, 4) is 0 Å². The summed E-state index contributed by atoms with van der Waals surface area (Å²) in [7, 11) is 1.95. The average molecular weight is 211 g/mol. The minimum absolute atomic E-state index is 0.0833. The molecule has 2 heteroatoms. The van der Waals surface area contributed by atoms with E-state index >= 15 is 0 Å². The number of hydroxylamine groups is 3. The molecular weight excluding hydrogens is 186 g/mol. The van der Waals surface area contributed by atoms with Crippen molar-refractivity contribution in [2.45, 2.75) is 76.3 Å². The number of hydrogen-bond acceptors (Lipinski definition) is 1. The van der Waals surface area contributed by atoms with Crippen molar-refractivity contribution < 1.29 is 4.65 Å². The fraction of sp³-hybridized carbons (Fsp3) is 1.00. The van der Waals surface area contributed by atoms with E-state index in [9.17, 15) is 5.21 Å². The number of quaternary nitrogens is 1. The molecule has 0 spiro atoms. The lowest BCUT2D eigenvalue weighted by atomic mass is 9.88. The third kappa shape index (κ3) is 2.54. The molecule has 0 aliphatic heterocycles. The summed E-state index contributed by atoms with van der Waals surface area (Å²) in [5, 5.41) is 12.8. The van der Waals surface area contributed by atoms with Crippen molar-refractivity contribution in [2.75, 3.05) is 7.05 Å². The smallest absolute Gasteiger partial charge is 0.0887 e. The summed E-state index contributed by atoms with van der Waals surface area (Å²) in [6.45, 7) is 0. The van der Waals surface area contributed by atoms with E-state index in [0.717, 1.165) is 0 Å². The molecule has 0 radical (unpaired) electrons. The minimum Gasteiger partial charge on any atom is -0.633 e. The zero-order valence-electron chi connectivity index (χ0n) is 10.1. The summed E-state index contributed by atoms with van der Waals surface area (Å²) < 4.78 is 0.0833. The Morgan fingerprint density at radius 3 is 1.40 bits per heavy atom. The van der Waals surface area contributed by atoms with Crippen LogP contribution in [0.25, 0.3) is 0 Å². The average Bonchev–Trinajstić information content (AvgIpc) is 2.31. The van der Waals surface area contributed by atoms with Crippen molar-refractivity contribution in [3.63, 3.8) is 0 Å². The first-order valence-electron chi connectivity index (χ1n) is 6.78. The molecule has 0 heterocycles. The van der Waals surface area contributed by atoms with Crippen LogP contribution in [0, 0.1) is 5.21 Å². The maximum absolute atomic E-state index is 12.8. The highest BCUT2D eigenvalue weighted by atomic mass is 16.5. The normalized spacial score (nSPS) is 26.8. The SMILES string of the molecule is C[N+]([O-])(C1CCCCC1)C1CCCCC1. The van der Waals surface area contributed by atoms with Crippen molar-refractivity contribution in [3.05, 3.63) is 5.21 Å². The highest BCUT2D eigenvalue weighted by molar-refractivity contribution is 4.73. The monoisotopic (exact) mass is 211 g/mol. The predicted octanol–water partition coefficient (Wildman–Crippen LogP) is 3.60. The molecule has 2 saturated carbocycles. The number of hydrogen-bond donors (Lipinski definition) is 0. The molecule has 0 saturated heterocycles. The Morgan fingerprint density at radius 2 is 1.07 bits per heavy atom. The first kappa shape index (κ1) is 11.4. The van der Waals surface area contributed by atoms with Gasteiger partial charge in [0.15, 0.2) is 0 Å². The third-order valence-corrected chi connectivity index (χ3v) is 4.60. The van der Waals surface area contributed by atoms with Gasteiger partial charge >= 0.3 is 0 Å². The topological polar surface area (TPSA) is 23.1 Å². The summed E-state index contributed by atoms with van der Waals surface area (Å²) in [5.74, 6) is 0. The zero-order valence-corrected chi connectivity index (χ0v) is 10.1. The van der Waals surface area contributed by atoms with E-state index in [0.29, 0.717) is 12.1 Å². The van der Waals surface area contributed by atoms with E-state index in [2.05, 4.69) is 0 Å². The maximum Gasteiger partial charge on any atom is 0.0887 e. The Morgan fingerprint density at radius 1 is 0.733 bits per heavy atom. The molecule has 0 amide bonds. The van der Waals surface area contributed by atoms with Gasteiger partial charge in [-0.25, -0.2) is 0 Å². The van der Waals surface area contributed by atoms with Crippen molar-refractivity contribution >= 4 is 0 Å². The highest BCUT2D eigenvalue weighted by Gasteiger charge is 2.34. The van der Waals surface area contributed by atoms with Gasteiger partial charge in [-0.1, -0.05) is 12.8 Å². The van der Waals surface area contributed by atoms with Crippen LogP contribution in [-0.2, 0) is 0 Å². The molecule has 2 rings (SSSR count). The van der Waals surface area contributed by atoms with Crippen molar-refractivity contribution in [1.82, 2.24) is 0 Å². The van der Waals surface area contributed by atoms with E-state index in [4.69, 9.17) is 0 Å². The lowest BCUT2D eigenvalue weighted by Crippen LogP contribution is -2.55. The Kier molecular flexibility index (Phi) is 3.68. The second kappa shape index (κ2) is 4.84. The van der Waals surface area contributed by atoms with Crippen LogP contribution in [0.15, 0.2) is 0 Å². The van der Waals surface area contributed by atoms with Gasteiger partial charge in [-0.05, 0) is 51.4 Å². The Labute approximate surface area is 93.8 Å². The van der Waals surface area contributed by atoms with Crippen LogP contribution in [0.2, 0.25) is 0 Å². The molecule has 15 heavy (non-hydrogen) atoms. The number of nitrogens with zero attached hydrogens (tertiary/aromatic N) is 1. The molecule has 2 fully saturated rings. The van der Waals surface area contributed by atoms with Gasteiger partial charge < -0.3 is 9.85 Å².